The molecular formula is C6H2I2NNaO3. The number of nitro benzene ring substituents is 1. The van der Waals surface area contributed by atoms with Crippen LogP contribution in [0, 0.1) is 17.3 Å². The van der Waals surface area contributed by atoms with E-state index in [1.54, 1.807) is 45.2 Å². The Morgan fingerprint density at radius 1 is 1.23 bits per heavy atom. The largest absolute Gasteiger partial charge is 1.00 e. The van der Waals surface area contributed by atoms with Crippen LogP contribution in [0.4, 0.5) is 5.69 Å². The Balaban J connectivity index is 0.00000144. The summed E-state index contributed by atoms with van der Waals surface area (Å²) in [6.07, 6.45) is 0. The van der Waals surface area contributed by atoms with Gasteiger partial charge in [0.1, 0.15) is 0 Å². The van der Waals surface area contributed by atoms with Gasteiger partial charge in [-0.05, 0) is 45.2 Å². The molecule has 1 aromatic carbocycles. The van der Waals surface area contributed by atoms with Gasteiger partial charge in [-0.3, -0.25) is 10.1 Å². The Labute approximate surface area is 124 Å². The van der Waals surface area contributed by atoms with Gasteiger partial charge in [0.2, 0.25) is 0 Å². The molecule has 64 valence electrons. The molecule has 0 fully saturated rings. The van der Waals surface area contributed by atoms with Gasteiger partial charge in [-0.1, -0.05) is 5.75 Å². The molecule has 0 heterocycles. The van der Waals surface area contributed by atoms with Crippen LogP contribution in [0.1, 0.15) is 0 Å². The number of halogens is 2. The van der Waals surface area contributed by atoms with Gasteiger partial charge in [-0.2, -0.15) is 0 Å². The first-order valence-electron chi connectivity index (χ1n) is 2.83. The van der Waals surface area contributed by atoms with Gasteiger partial charge >= 0.3 is 29.6 Å². The average molecular weight is 413 g/mol. The van der Waals surface area contributed by atoms with E-state index in [-0.39, 0.29) is 41.0 Å². The molecule has 1 aromatic rings. The predicted octanol–water partition coefficient (Wildman–Crippen LogP) is -1.12. The third-order valence-electron chi connectivity index (χ3n) is 1.19. The van der Waals surface area contributed by atoms with Gasteiger partial charge < -0.3 is 5.11 Å². The van der Waals surface area contributed by atoms with Gasteiger partial charge in [0.05, 0.1) is 4.92 Å². The van der Waals surface area contributed by atoms with Crippen LogP contribution >= 0.6 is 45.2 Å². The van der Waals surface area contributed by atoms with E-state index in [0.717, 1.165) is 0 Å². The first kappa shape index (κ1) is 13.9. The van der Waals surface area contributed by atoms with Crippen molar-refractivity contribution in [2.24, 2.45) is 0 Å². The second-order valence-corrected chi connectivity index (χ2v) is 4.32. The van der Waals surface area contributed by atoms with Crippen LogP contribution in [-0.4, -0.2) is 4.92 Å². The number of hydrogen-bond acceptors (Lipinski definition) is 3. The van der Waals surface area contributed by atoms with Gasteiger partial charge in [-0.15, -0.1) is 0 Å². The first-order chi connectivity index (χ1) is 5.52. The maximum Gasteiger partial charge on any atom is 1.00 e. The van der Waals surface area contributed by atoms with Crippen LogP contribution in [0.2, 0.25) is 0 Å². The number of non-ortho nitro benzene ring substituents is 1. The minimum absolute atomic E-state index is 0. The van der Waals surface area contributed by atoms with Crippen molar-refractivity contribution in [3.05, 3.63) is 29.4 Å². The van der Waals surface area contributed by atoms with Crippen molar-refractivity contribution in [2.45, 2.75) is 0 Å². The second kappa shape index (κ2) is 5.69. The Bertz CT molecular complexity index is 322. The Hall–Kier alpha value is 0.880. The van der Waals surface area contributed by atoms with Crippen molar-refractivity contribution in [3.8, 4) is 5.75 Å². The molecule has 0 atom stereocenters. The first-order valence-corrected chi connectivity index (χ1v) is 4.98. The summed E-state index contributed by atoms with van der Waals surface area (Å²) in [6.45, 7) is 0. The number of nitro groups is 1. The molecule has 1 rings (SSSR count). The quantitative estimate of drug-likeness (QED) is 0.254. The van der Waals surface area contributed by atoms with Crippen molar-refractivity contribution in [1.82, 2.24) is 0 Å². The molecule has 0 saturated carbocycles. The monoisotopic (exact) mass is 413 g/mol. The standard InChI is InChI=1S/C6H3I2NO3.Na/c7-4-1-3(9(11)12)2-5(8)6(4)10;/h1-2,10H;/q;+1/p-1. The third kappa shape index (κ3) is 3.50. The summed E-state index contributed by atoms with van der Waals surface area (Å²) in [4.78, 5) is 9.80. The summed E-state index contributed by atoms with van der Waals surface area (Å²) < 4.78 is 0.761. The van der Waals surface area contributed by atoms with Gasteiger partial charge in [-0.25, -0.2) is 0 Å². The minimum atomic E-state index is -0.510. The normalized spacial score (nSPS) is 9.08. The SMILES string of the molecule is O=[N+]([O-])c1cc(I)c([O-])c(I)c1.[Na+]. The minimum Gasteiger partial charge on any atom is -0.871 e. The summed E-state index contributed by atoms with van der Waals surface area (Å²) in [5.74, 6) is -0.151. The second-order valence-electron chi connectivity index (χ2n) is 2.00. The zero-order chi connectivity index (χ0) is 9.30. The maximum absolute atomic E-state index is 11.1. The van der Waals surface area contributed by atoms with Gasteiger partial charge in [0, 0.05) is 19.3 Å². The molecule has 0 N–H and O–H groups in total. The number of hydrogen-bond donors (Lipinski definition) is 0. The third-order valence-corrected chi connectivity index (χ3v) is 2.80. The van der Waals surface area contributed by atoms with Crippen molar-refractivity contribution in [2.75, 3.05) is 0 Å². The summed E-state index contributed by atoms with van der Waals surface area (Å²) in [5, 5.41) is 21.4. The van der Waals surface area contributed by atoms with Crippen LogP contribution < -0.4 is 34.7 Å². The van der Waals surface area contributed by atoms with E-state index in [1.807, 2.05) is 0 Å². The van der Waals surface area contributed by atoms with Crippen LogP contribution in [-0.2, 0) is 0 Å². The molecule has 0 aliphatic heterocycles. The molecule has 0 aromatic heterocycles. The Kier molecular flexibility index (Phi) is 6.07. The van der Waals surface area contributed by atoms with Crippen LogP contribution in [0.25, 0.3) is 0 Å². The van der Waals surface area contributed by atoms with Crippen LogP contribution in [0.3, 0.4) is 0 Å². The van der Waals surface area contributed by atoms with E-state index < -0.39 is 4.92 Å². The van der Waals surface area contributed by atoms with Crippen LogP contribution in [0.5, 0.6) is 5.75 Å². The van der Waals surface area contributed by atoms with Crippen molar-refractivity contribution >= 4 is 50.9 Å². The van der Waals surface area contributed by atoms with E-state index in [2.05, 4.69) is 0 Å². The fourth-order valence-corrected chi connectivity index (χ4v) is 2.39. The van der Waals surface area contributed by atoms with E-state index >= 15 is 0 Å². The molecule has 0 unspecified atom stereocenters. The average Bonchev–Trinajstić information content (AvgIpc) is 1.99. The number of rotatable bonds is 1. The Morgan fingerprint density at radius 2 is 1.62 bits per heavy atom. The summed E-state index contributed by atoms with van der Waals surface area (Å²) in [7, 11) is 0. The van der Waals surface area contributed by atoms with Crippen molar-refractivity contribution in [1.29, 1.82) is 0 Å². The summed E-state index contributed by atoms with van der Waals surface area (Å²) >= 11 is 3.57. The molecule has 4 nitrogen and oxygen atoms in total. The summed E-state index contributed by atoms with van der Waals surface area (Å²) in [5.41, 5.74) is -0.0385. The van der Waals surface area contributed by atoms with E-state index in [0.29, 0.717) is 7.14 Å². The zero-order valence-corrected chi connectivity index (χ0v) is 12.9. The van der Waals surface area contributed by atoms with Gasteiger partial charge in [0.15, 0.2) is 0 Å². The molecule has 0 spiro atoms. The molecule has 0 radical (unpaired) electrons. The predicted molar refractivity (Wildman–Crippen MR) is 58.0 cm³/mol. The number of nitrogens with zero attached hydrogens (tertiary/aromatic N) is 1. The smallest absolute Gasteiger partial charge is 0.871 e. The van der Waals surface area contributed by atoms with Crippen LogP contribution in [0.15, 0.2) is 12.1 Å². The molecule has 0 bridgehead atoms. The van der Waals surface area contributed by atoms with E-state index in [4.69, 9.17) is 0 Å². The molecule has 0 amide bonds. The molecular weight excluding hydrogens is 411 g/mol. The van der Waals surface area contributed by atoms with Gasteiger partial charge in [0.25, 0.3) is 5.69 Å². The molecule has 13 heavy (non-hydrogen) atoms. The summed E-state index contributed by atoms with van der Waals surface area (Å²) in [6, 6.07) is 2.54. The van der Waals surface area contributed by atoms with Crippen molar-refractivity contribution in [3.63, 3.8) is 0 Å². The van der Waals surface area contributed by atoms with Crippen molar-refractivity contribution < 1.29 is 39.6 Å². The molecule has 0 aliphatic carbocycles. The Morgan fingerprint density at radius 3 is 1.92 bits per heavy atom. The van der Waals surface area contributed by atoms with E-state index in [9.17, 15) is 15.2 Å². The number of benzene rings is 1. The fraction of sp³-hybridized carbons (Fsp3) is 0. The van der Waals surface area contributed by atoms with E-state index in [1.165, 1.54) is 12.1 Å². The topological polar surface area (TPSA) is 66.2 Å². The molecule has 0 saturated heterocycles. The maximum atomic E-state index is 11.1. The fourth-order valence-electron chi connectivity index (χ4n) is 0.652. The molecule has 0 aliphatic rings. The zero-order valence-electron chi connectivity index (χ0n) is 6.58. The molecule has 7 heteroatoms.